The minimum atomic E-state index is -5.17. The summed E-state index contributed by atoms with van der Waals surface area (Å²) < 4.78 is 68.2. The summed E-state index contributed by atoms with van der Waals surface area (Å²) in [5.74, 6) is 0. The van der Waals surface area contributed by atoms with E-state index >= 15 is 0 Å². The van der Waals surface area contributed by atoms with Crippen molar-refractivity contribution in [3.63, 3.8) is 0 Å². The second kappa shape index (κ2) is 42.7. The van der Waals surface area contributed by atoms with Crippen LogP contribution in [0.3, 0.4) is 0 Å². The van der Waals surface area contributed by atoms with Crippen LogP contribution in [0.4, 0.5) is 0 Å². The normalized spacial score (nSPS) is 5.80. The van der Waals surface area contributed by atoms with E-state index in [2.05, 4.69) is 0 Å². The summed E-state index contributed by atoms with van der Waals surface area (Å²) in [4.78, 5) is 0. The molecule has 0 aromatic heterocycles. The van der Waals surface area contributed by atoms with Gasteiger partial charge in [-0.25, -0.2) is 0 Å². The number of hydrogen-bond acceptors (Lipinski definition) is 8. The first-order valence-corrected chi connectivity index (χ1v) is 4.00. The van der Waals surface area contributed by atoms with Gasteiger partial charge in [-0.15, -0.1) is 0 Å². The number of rotatable bonds is 0. The molecule has 16 nitrogen and oxygen atoms in total. The summed E-state index contributed by atoms with van der Waals surface area (Å²) in [7, 11) is -10.3. The van der Waals surface area contributed by atoms with Crippen molar-refractivity contribution >= 4 is 20.8 Å². The Kier molecular flexibility index (Phi) is 231. The monoisotopic (exact) mass is 456 g/mol. The van der Waals surface area contributed by atoms with Gasteiger partial charge in [0.15, 0.2) is 0 Å². The molecule has 0 atom stereocenters. The summed E-state index contributed by atoms with van der Waals surface area (Å²) in [5.41, 5.74) is 0. The molecule has 0 aromatic carbocycles. The number of hydrogen-bond donors (Lipinski definition) is 0. The van der Waals surface area contributed by atoms with Crippen LogP contribution >= 0.6 is 0 Å². The molecule has 0 unspecified atom stereocenters. The van der Waals surface area contributed by atoms with Gasteiger partial charge >= 0.3 is 34.1 Å². The van der Waals surface area contributed by atoms with Gasteiger partial charge in [0.25, 0.3) is 0 Å². The second-order valence-electron chi connectivity index (χ2n) is 0.816. The molecule has 0 bridgehead atoms. The van der Waals surface area contributed by atoms with Crippen molar-refractivity contribution in [1.29, 1.82) is 0 Å². The molecule has 0 aromatic rings. The van der Waals surface area contributed by atoms with Gasteiger partial charge < -0.3 is 62.0 Å². The van der Waals surface area contributed by atoms with Crippen LogP contribution in [0.1, 0.15) is 0 Å². The van der Waals surface area contributed by atoms with Crippen molar-refractivity contribution in [3.8, 4) is 0 Å². The molecule has 0 rings (SSSR count). The van der Waals surface area contributed by atoms with Crippen molar-refractivity contribution in [3.05, 3.63) is 0 Å². The SMILES string of the molecule is O=S(=O)([O-])[O-].O=S(=O)([O-])[O-].[Fe+2].[Fe+2].[OH3+].[OH3+].[OH3+].[OH3+].[OH3+].[OH3+].[OH3+].[OH3+]. The van der Waals surface area contributed by atoms with Crippen molar-refractivity contribution in [2.24, 2.45) is 0 Å². The maximum atomic E-state index is 8.52. The van der Waals surface area contributed by atoms with Gasteiger partial charge in [0.05, 0.1) is 0 Å². The molecule has 0 spiro atoms. The predicted octanol–water partition coefficient (Wildman–Crippen LogP) is -10.1. The van der Waals surface area contributed by atoms with Crippen LogP contribution in [0, 0.1) is 0 Å². The van der Waals surface area contributed by atoms with E-state index in [-0.39, 0.29) is 77.9 Å². The molecule has 0 saturated carbocycles. The molecule has 0 aliphatic carbocycles. The third kappa shape index (κ3) is 26700. The standard InChI is InChI=1S/2Fe.2H2O4S.8H2O/c;;2*1-5(2,3)4;;;;;;;;/h;;2*(H2,1,2,3,4);8*1H2/q2*+2;;;;;;;;;;/p+4. The van der Waals surface area contributed by atoms with Crippen LogP contribution in [0.15, 0.2) is 0 Å². The first kappa shape index (κ1) is 108. The molecule has 0 saturated heterocycles. The largest absolute Gasteiger partial charge is 2.00 e. The third-order valence-corrected chi connectivity index (χ3v) is 0. The zero-order valence-corrected chi connectivity index (χ0v) is 13.2. The van der Waals surface area contributed by atoms with Crippen molar-refractivity contribution in [2.75, 3.05) is 0 Å². The fourth-order valence-corrected chi connectivity index (χ4v) is 0. The van der Waals surface area contributed by atoms with Crippen LogP contribution in [0.25, 0.3) is 0 Å². The Morgan fingerprint density at radius 2 is 0.400 bits per heavy atom. The Morgan fingerprint density at radius 3 is 0.400 bits per heavy atom. The molecule has 24 N–H and O–H groups in total. The van der Waals surface area contributed by atoms with Gasteiger partial charge in [-0.05, 0) is 0 Å². The smallest absolute Gasteiger partial charge is 0.759 e. The fraction of sp³-hybridized carbons (Fsp3) is 0. The molecule has 0 heterocycles. The van der Waals surface area contributed by atoms with E-state index in [1.165, 1.54) is 0 Å². The van der Waals surface area contributed by atoms with E-state index in [0.29, 0.717) is 0 Å². The maximum Gasteiger partial charge on any atom is 2.00 e. The Labute approximate surface area is 134 Å². The summed E-state index contributed by atoms with van der Waals surface area (Å²) in [6.45, 7) is 0. The first-order valence-electron chi connectivity index (χ1n) is 1.33. The van der Waals surface area contributed by atoms with Gasteiger partial charge in [0.2, 0.25) is 0 Å². The fourth-order valence-electron chi connectivity index (χ4n) is 0. The molecule has 0 fully saturated rings. The maximum absolute atomic E-state index is 8.52. The van der Waals surface area contributed by atoms with Gasteiger partial charge in [-0.3, -0.25) is 16.8 Å². The zero-order valence-electron chi connectivity index (χ0n) is 9.41. The van der Waals surface area contributed by atoms with Crippen LogP contribution in [-0.2, 0) is 98.7 Å². The molecule has 0 aliphatic rings. The minimum absolute atomic E-state index is 0. The summed E-state index contributed by atoms with van der Waals surface area (Å²) >= 11 is 0. The summed E-state index contributed by atoms with van der Waals surface area (Å²) in [5, 5.41) is 0. The first-order chi connectivity index (χ1) is 4.00. The van der Waals surface area contributed by atoms with Gasteiger partial charge in [-0.2, -0.15) is 0 Å². The zero-order chi connectivity index (χ0) is 9.00. The summed E-state index contributed by atoms with van der Waals surface area (Å²) in [6, 6.07) is 0. The summed E-state index contributed by atoms with van der Waals surface area (Å²) in [6.07, 6.45) is 0. The van der Waals surface area contributed by atoms with Crippen LogP contribution in [0.2, 0.25) is 0 Å². The van der Waals surface area contributed by atoms with Crippen LogP contribution in [-0.4, -0.2) is 35.0 Å². The molecule has 140 valence electrons. The Hall–Kier alpha value is 0.459. The molecular formula is H24Fe2O16S2+8. The van der Waals surface area contributed by atoms with Gasteiger partial charge in [0, 0.05) is 20.8 Å². The molecule has 20 heteroatoms. The van der Waals surface area contributed by atoms with Gasteiger partial charge in [0.1, 0.15) is 0 Å². The Bertz CT molecular complexity index is 215. The van der Waals surface area contributed by atoms with E-state index < -0.39 is 20.8 Å². The molecule has 0 amide bonds. The molecule has 20 heavy (non-hydrogen) atoms. The second-order valence-corrected chi connectivity index (χ2v) is 2.45. The van der Waals surface area contributed by atoms with Crippen molar-refractivity contribution in [1.82, 2.24) is 0 Å². The van der Waals surface area contributed by atoms with Crippen LogP contribution in [0.5, 0.6) is 0 Å². The van der Waals surface area contributed by atoms with Crippen molar-refractivity contribution in [2.45, 2.75) is 0 Å². The third-order valence-electron chi connectivity index (χ3n) is 0. The van der Waals surface area contributed by atoms with E-state index in [1.54, 1.807) is 0 Å². The average Bonchev–Trinajstić information content (AvgIpc) is 1.12. The Morgan fingerprint density at radius 1 is 0.400 bits per heavy atom. The van der Waals surface area contributed by atoms with E-state index in [4.69, 9.17) is 35.0 Å². The van der Waals surface area contributed by atoms with E-state index in [0.717, 1.165) is 0 Å². The van der Waals surface area contributed by atoms with Gasteiger partial charge in [-0.1, -0.05) is 0 Å². The minimum Gasteiger partial charge on any atom is -0.759 e. The topological polar surface area (TPSA) is 425 Å². The van der Waals surface area contributed by atoms with Crippen molar-refractivity contribution < 1.29 is 113 Å². The quantitative estimate of drug-likeness (QED) is 0.145. The van der Waals surface area contributed by atoms with E-state index in [9.17, 15) is 0 Å². The molecular weight excluding hydrogens is 432 g/mol. The molecule has 0 aliphatic heterocycles. The average molecular weight is 456 g/mol. The molecule has 0 radical (unpaired) electrons. The van der Waals surface area contributed by atoms with E-state index in [1.807, 2.05) is 0 Å². The predicted molar refractivity (Wildman–Crippen MR) is 59.9 cm³/mol. The van der Waals surface area contributed by atoms with Crippen LogP contribution < -0.4 is 0 Å². The Balaban J connectivity index is -0.00000000427.